The van der Waals surface area contributed by atoms with E-state index in [-0.39, 0.29) is 17.1 Å². The average Bonchev–Trinajstić information content (AvgIpc) is 2.38. The maximum Gasteiger partial charge on any atom is 0.343 e. The third-order valence-corrected chi connectivity index (χ3v) is 2.98. The quantitative estimate of drug-likeness (QED) is 0.690. The Kier molecular flexibility index (Phi) is 5.03. The molecule has 0 unspecified atom stereocenters. The molecular weight excluding hydrogens is 248 g/mol. The van der Waals surface area contributed by atoms with Crippen LogP contribution in [0.3, 0.4) is 0 Å². The van der Waals surface area contributed by atoms with Crippen molar-refractivity contribution in [3.63, 3.8) is 0 Å². The van der Waals surface area contributed by atoms with Gasteiger partial charge in [0.1, 0.15) is 11.3 Å². The molecule has 0 amide bonds. The molecule has 0 radical (unpaired) electrons. The smallest absolute Gasteiger partial charge is 0.343 e. The number of hydrogen-bond acceptors (Lipinski definition) is 4. The Morgan fingerprint density at radius 2 is 1.63 bits per heavy atom. The first kappa shape index (κ1) is 15.1. The first-order valence-corrected chi connectivity index (χ1v) is 6.45. The van der Waals surface area contributed by atoms with Crippen LogP contribution >= 0.6 is 0 Å². The highest BCUT2D eigenvalue weighted by Gasteiger charge is 2.27. The number of aromatic hydroxyl groups is 2. The van der Waals surface area contributed by atoms with Gasteiger partial charge in [-0.15, -0.1) is 0 Å². The maximum absolute atomic E-state index is 11.3. The minimum atomic E-state index is -1.31. The Morgan fingerprint density at radius 3 is 2.05 bits per heavy atom. The van der Waals surface area contributed by atoms with Gasteiger partial charge in [-0.25, -0.2) is 4.79 Å². The second-order valence-corrected chi connectivity index (χ2v) is 4.22. The Morgan fingerprint density at radius 1 is 1.05 bits per heavy atom. The van der Waals surface area contributed by atoms with E-state index < -0.39 is 11.7 Å². The summed E-state index contributed by atoms with van der Waals surface area (Å²) in [6.45, 7) is 5.96. The second-order valence-electron chi connectivity index (χ2n) is 4.22. The number of ether oxygens (including phenoxy) is 1. The SMILES string of the molecule is CCCOc1c(CC)c(CC)c(O)c(O)c1C(=O)O. The van der Waals surface area contributed by atoms with Crippen LogP contribution in [-0.4, -0.2) is 27.9 Å². The minimum Gasteiger partial charge on any atom is -0.504 e. The number of carboxylic acids is 1. The third kappa shape index (κ3) is 2.75. The number of phenols is 2. The van der Waals surface area contributed by atoms with Gasteiger partial charge in [0.05, 0.1) is 6.61 Å². The fourth-order valence-corrected chi connectivity index (χ4v) is 2.12. The zero-order valence-corrected chi connectivity index (χ0v) is 11.5. The summed E-state index contributed by atoms with van der Waals surface area (Å²) in [5, 5.41) is 29.0. The molecule has 5 heteroatoms. The molecule has 1 rings (SSSR count). The topological polar surface area (TPSA) is 87.0 Å². The van der Waals surface area contributed by atoms with E-state index in [4.69, 9.17) is 4.74 Å². The number of carbonyl (C=O) groups is 1. The lowest BCUT2D eigenvalue weighted by Crippen LogP contribution is -2.09. The zero-order valence-electron chi connectivity index (χ0n) is 11.5. The van der Waals surface area contributed by atoms with Crippen LogP contribution in [0.1, 0.15) is 48.7 Å². The lowest BCUT2D eigenvalue weighted by atomic mass is 9.96. The van der Waals surface area contributed by atoms with Crippen LogP contribution in [0, 0.1) is 0 Å². The van der Waals surface area contributed by atoms with Crippen molar-refractivity contribution in [1.82, 2.24) is 0 Å². The predicted octanol–water partition coefficient (Wildman–Crippen LogP) is 2.71. The standard InChI is InChI=1S/C14H20O5/c1-4-7-19-13-9(6-3)8(5-2)11(15)12(16)10(13)14(17)18/h15-16H,4-7H2,1-3H3,(H,17,18). The Bertz CT molecular complexity index is 479. The number of carboxylic acid groups (broad SMARTS) is 1. The monoisotopic (exact) mass is 268 g/mol. The zero-order chi connectivity index (χ0) is 14.6. The molecule has 0 heterocycles. The lowest BCUT2D eigenvalue weighted by Gasteiger charge is -2.19. The molecule has 0 aliphatic rings. The molecule has 1 aromatic rings. The summed E-state index contributed by atoms with van der Waals surface area (Å²) in [7, 11) is 0. The Balaban J connectivity index is 3.61. The minimum absolute atomic E-state index is 0.170. The molecule has 0 aromatic heterocycles. The summed E-state index contributed by atoms with van der Waals surface area (Å²) in [5.41, 5.74) is 0.819. The van der Waals surface area contributed by atoms with E-state index in [9.17, 15) is 20.1 Å². The van der Waals surface area contributed by atoms with Gasteiger partial charge in [0.2, 0.25) is 0 Å². The van der Waals surface area contributed by atoms with E-state index in [0.29, 0.717) is 30.6 Å². The summed E-state index contributed by atoms with van der Waals surface area (Å²) < 4.78 is 5.50. The predicted molar refractivity (Wildman–Crippen MR) is 71.3 cm³/mol. The third-order valence-electron chi connectivity index (χ3n) is 2.98. The normalized spacial score (nSPS) is 10.5. The van der Waals surface area contributed by atoms with Crippen LogP contribution in [0.4, 0.5) is 0 Å². The van der Waals surface area contributed by atoms with Crippen molar-refractivity contribution in [2.45, 2.75) is 40.0 Å². The molecule has 0 aliphatic heterocycles. The summed E-state index contributed by atoms with van der Waals surface area (Å²) >= 11 is 0. The Labute approximate surface area is 112 Å². The lowest BCUT2D eigenvalue weighted by molar-refractivity contribution is 0.0687. The first-order valence-electron chi connectivity index (χ1n) is 6.45. The molecule has 5 nitrogen and oxygen atoms in total. The summed E-state index contributed by atoms with van der Waals surface area (Å²) in [6, 6.07) is 0. The van der Waals surface area contributed by atoms with Crippen molar-refractivity contribution in [2.75, 3.05) is 6.61 Å². The summed E-state index contributed by atoms with van der Waals surface area (Å²) in [6.07, 6.45) is 1.74. The van der Waals surface area contributed by atoms with Crippen molar-refractivity contribution in [3.8, 4) is 17.2 Å². The second kappa shape index (κ2) is 6.31. The molecule has 0 atom stereocenters. The molecule has 1 aromatic carbocycles. The maximum atomic E-state index is 11.3. The van der Waals surface area contributed by atoms with E-state index in [0.717, 1.165) is 6.42 Å². The molecule has 0 saturated heterocycles. The molecule has 0 spiro atoms. The highest BCUT2D eigenvalue weighted by molar-refractivity contribution is 5.96. The molecule has 0 saturated carbocycles. The van der Waals surface area contributed by atoms with Gasteiger partial charge in [0.25, 0.3) is 0 Å². The van der Waals surface area contributed by atoms with E-state index in [1.807, 2.05) is 20.8 Å². The average molecular weight is 268 g/mol. The molecule has 19 heavy (non-hydrogen) atoms. The molecule has 3 N–H and O–H groups in total. The molecular formula is C14H20O5. The van der Waals surface area contributed by atoms with Gasteiger partial charge >= 0.3 is 5.97 Å². The van der Waals surface area contributed by atoms with Gasteiger partial charge < -0.3 is 20.1 Å². The van der Waals surface area contributed by atoms with Gasteiger partial charge in [-0.05, 0) is 19.3 Å². The number of rotatable bonds is 6. The van der Waals surface area contributed by atoms with Crippen LogP contribution in [-0.2, 0) is 12.8 Å². The van der Waals surface area contributed by atoms with Crippen molar-refractivity contribution in [2.24, 2.45) is 0 Å². The highest BCUT2D eigenvalue weighted by Crippen LogP contribution is 2.43. The van der Waals surface area contributed by atoms with Crippen LogP contribution in [0.15, 0.2) is 0 Å². The van der Waals surface area contributed by atoms with E-state index in [1.165, 1.54) is 0 Å². The van der Waals surface area contributed by atoms with E-state index in [1.54, 1.807) is 0 Å². The van der Waals surface area contributed by atoms with Gasteiger partial charge in [0.15, 0.2) is 11.5 Å². The molecule has 0 aliphatic carbocycles. The van der Waals surface area contributed by atoms with Crippen molar-refractivity contribution in [1.29, 1.82) is 0 Å². The largest absolute Gasteiger partial charge is 0.504 e. The van der Waals surface area contributed by atoms with Gasteiger partial charge in [-0.1, -0.05) is 20.8 Å². The number of aromatic carboxylic acids is 1. The molecule has 0 fully saturated rings. The molecule has 106 valence electrons. The van der Waals surface area contributed by atoms with Crippen LogP contribution < -0.4 is 4.74 Å². The molecule has 0 bridgehead atoms. The number of hydrogen-bond donors (Lipinski definition) is 3. The van der Waals surface area contributed by atoms with Crippen LogP contribution in [0.2, 0.25) is 0 Å². The van der Waals surface area contributed by atoms with Gasteiger partial charge in [-0.2, -0.15) is 0 Å². The number of phenolic OH excluding ortho intramolecular Hbond substituents is 1. The number of benzene rings is 1. The van der Waals surface area contributed by atoms with E-state index in [2.05, 4.69) is 0 Å². The Hall–Kier alpha value is -1.91. The van der Waals surface area contributed by atoms with Crippen molar-refractivity contribution in [3.05, 3.63) is 16.7 Å². The fraction of sp³-hybridized carbons (Fsp3) is 0.500. The van der Waals surface area contributed by atoms with E-state index >= 15 is 0 Å². The van der Waals surface area contributed by atoms with Crippen LogP contribution in [0.5, 0.6) is 17.2 Å². The summed E-state index contributed by atoms with van der Waals surface area (Å²) in [4.78, 5) is 11.3. The fourth-order valence-electron chi connectivity index (χ4n) is 2.12. The summed E-state index contributed by atoms with van der Waals surface area (Å²) in [5.74, 6) is -2.12. The van der Waals surface area contributed by atoms with Crippen molar-refractivity contribution >= 4 is 5.97 Å². The van der Waals surface area contributed by atoms with Crippen molar-refractivity contribution < 1.29 is 24.9 Å². The highest BCUT2D eigenvalue weighted by atomic mass is 16.5. The van der Waals surface area contributed by atoms with Gasteiger partial charge in [-0.3, -0.25) is 0 Å². The van der Waals surface area contributed by atoms with Crippen LogP contribution in [0.25, 0.3) is 0 Å². The first-order chi connectivity index (χ1) is 8.99. The van der Waals surface area contributed by atoms with Gasteiger partial charge in [0, 0.05) is 11.1 Å².